The van der Waals surface area contributed by atoms with E-state index in [1.807, 2.05) is 24.9 Å². The van der Waals surface area contributed by atoms with E-state index in [2.05, 4.69) is 32.0 Å². The van der Waals surface area contributed by atoms with Crippen molar-refractivity contribution in [2.24, 2.45) is 0 Å². The van der Waals surface area contributed by atoms with Gasteiger partial charge in [-0.25, -0.2) is 4.98 Å². The lowest BCUT2D eigenvalue weighted by atomic mass is 10.3. The Bertz CT molecular complexity index is 390. The Hall–Kier alpha value is -1.62. The molecule has 0 aromatic carbocycles. The summed E-state index contributed by atoms with van der Waals surface area (Å²) in [4.78, 5) is 4.11. The fourth-order valence-corrected chi connectivity index (χ4v) is 1.49. The van der Waals surface area contributed by atoms with Crippen molar-refractivity contribution in [1.82, 2.24) is 25.1 Å². The van der Waals surface area contributed by atoms with Crippen LogP contribution in [-0.2, 0) is 19.6 Å². The number of hydrogen-bond acceptors (Lipinski definition) is 3. The van der Waals surface area contributed by atoms with Crippen LogP contribution in [0.5, 0.6) is 0 Å². The summed E-state index contributed by atoms with van der Waals surface area (Å²) in [6.45, 7) is 4.73. The maximum Gasteiger partial charge on any atom is 0.0948 e. The molecule has 5 heteroatoms. The average Bonchev–Trinajstić information content (AvgIpc) is 2.88. The molecular formula is C10H15N5. The monoisotopic (exact) mass is 205 g/mol. The fourth-order valence-electron chi connectivity index (χ4n) is 1.49. The third-order valence-electron chi connectivity index (χ3n) is 2.33. The van der Waals surface area contributed by atoms with Crippen molar-refractivity contribution >= 4 is 0 Å². The molecule has 0 amide bonds. The maximum absolute atomic E-state index is 4.11. The molecule has 2 heterocycles. The van der Waals surface area contributed by atoms with Crippen molar-refractivity contribution in [1.29, 1.82) is 0 Å². The van der Waals surface area contributed by atoms with Crippen LogP contribution < -0.4 is 5.32 Å². The second-order valence-electron chi connectivity index (χ2n) is 3.38. The van der Waals surface area contributed by atoms with Crippen molar-refractivity contribution < 1.29 is 0 Å². The van der Waals surface area contributed by atoms with Crippen molar-refractivity contribution in [3.63, 3.8) is 0 Å². The Morgan fingerprint density at radius 2 is 2.33 bits per heavy atom. The zero-order valence-corrected chi connectivity index (χ0v) is 8.77. The molecular weight excluding hydrogens is 190 g/mol. The summed E-state index contributed by atoms with van der Waals surface area (Å²) in [5.41, 5.74) is 2.37. The minimum absolute atomic E-state index is 0.825. The fraction of sp³-hybridized carbons (Fsp3) is 0.400. The smallest absolute Gasteiger partial charge is 0.0948 e. The Morgan fingerprint density at radius 3 is 3.07 bits per heavy atom. The van der Waals surface area contributed by atoms with E-state index in [1.54, 1.807) is 0 Å². The molecule has 0 radical (unpaired) electrons. The summed E-state index contributed by atoms with van der Waals surface area (Å²) < 4.78 is 2.13. The second-order valence-corrected chi connectivity index (χ2v) is 3.38. The first-order chi connectivity index (χ1) is 7.40. The van der Waals surface area contributed by atoms with Crippen LogP contribution in [0.4, 0.5) is 0 Å². The predicted molar refractivity (Wildman–Crippen MR) is 57.0 cm³/mol. The van der Waals surface area contributed by atoms with Crippen molar-refractivity contribution in [2.45, 2.75) is 26.6 Å². The second kappa shape index (κ2) is 4.75. The van der Waals surface area contributed by atoms with Gasteiger partial charge in [-0.2, -0.15) is 5.10 Å². The van der Waals surface area contributed by atoms with Crippen molar-refractivity contribution in [2.75, 3.05) is 0 Å². The van der Waals surface area contributed by atoms with Gasteiger partial charge in [0, 0.05) is 37.6 Å². The summed E-state index contributed by atoms with van der Waals surface area (Å²) in [6, 6.07) is 0. The van der Waals surface area contributed by atoms with E-state index in [-0.39, 0.29) is 0 Å². The number of imidazole rings is 1. The summed E-state index contributed by atoms with van der Waals surface area (Å²) in [6.07, 6.45) is 7.47. The zero-order valence-electron chi connectivity index (χ0n) is 8.77. The van der Waals surface area contributed by atoms with E-state index in [0.717, 1.165) is 25.2 Å². The van der Waals surface area contributed by atoms with Crippen molar-refractivity contribution in [3.8, 4) is 0 Å². The van der Waals surface area contributed by atoms with Gasteiger partial charge in [-0.3, -0.25) is 5.10 Å². The van der Waals surface area contributed by atoms with E-state index < -0.39 is 0 Å². The molecule has 2 aromatic heterocycles. The van der Waals surface area contributed by atoms with Gasteiger partial charge in [-0.1, -0.05) is 0 Å². The van der Waals surface area contributed by atoms with Crippen LogP contribution >= 0.6 is 0 Å². The highest BCUT2D eigenvalue weighted by Crippen LogP contribution is 1.99. The molecule has 0 fully saturated rings. The molecule has 2 aromatic rings. The summed E-state index contributed by atoms with van der Waals surface area (Å²) >= 11 is 0. The molecule has 0 bridgehead atoms. The van der Waals surface area contributed by atoms with Gasteiger partial charge < -0.3 is 9.88 Å². The third-order valence-corrected chi connectivity index (χ3v) is 2.33. The highest BCUT2D eigenvalue weighted by Gasteiger charge is 1.99. The largest absolute Gasteiger partial charge is 0.334 e. The predicted octanol–water partition coefficient (Wildman–Crippen LogP) is 0.916. The van der Waals surface area contributed by atoms with Crippen LogP contribution in [0.3, 0.4) is 0 Å². The molecule has 0 saturated heterocycles. The molecule has 0 aliphatic heterocycles. The topological polar surface area (TPSA) is 58.5 Å². The lowest BCUT2D eigenvalue weighted by Gasteiger charge is -2.05. The normalized spacial score (nSPS) is 10.7. The number of aryl methyl sites for hydroxylation is 1. The van der Waals surface area contributed by atoms with Crippen LogP contribution in [-0.4, -0.2) is 19.7 Å². The number of aromatic nitrogens is 4. The highest BCUT2D eigenvalue weighted by molar-refractivity contribution is 5.03. The number of hydrogen-bond donors (Lipinski definition) is 2. The summed E-state index contributed by atoms with van der Waals surface area (Å²) in [5.74, 6) is 0. The minimum atomic E-state index is 0.825. The molecule has 0 saturated carbocycles. The lowest BCUT2D eigenvalue weighted by molar-refractivity contribution is 0.628. The average molecular weight is 205 g/mol. The molecule has 2 N–H and O–H groups in total. The molecule has 0 aliphatic rings. The van der Waals surface area contributed by atoms with Gasteiger partial charge in [0.25, 0.3) is 0 Å². The quantitative estimate of drug-likeness (QED) is 0.763. The number of aromatic amines is 1. The van der Waals surface area contributed by atoms with Gasteiger partial charge in [0.1, 0.15) is 0 Å². The van der Waals surface area contributed by atoms with E-state index in [1.165, 1.54) is 5.69 Å². The molecule has 5 nitrogen and oxygen atoms in total. The Labute approximate surface area is 88.5 Å². The van der Waals surface area contributed by atoms with Gasteiger partial charge in [0.2, 0.25) is 0 Å². The summed E-state index contributed by atoms with van der Waals surface area (Å²) in [5, 5.41) is 10.0. The SMILES string of the molecule is CCn1cncc1CNCc1cn[nH]c1. The van der Waals surface area contributed by atoms with Gasteiger partial charge in [-0.05, 0) is 6.92 Å². The Kier molecular flexibility index (Phi) is 3.14. The van der Waals surface area contributed by atoms with Gasteiger partial charge in [-0.15, -0.1) is 0 Å². The van der Waals surface area contributed by atoms with E-state index >= 15 is 0 Å². The molecule has 15 heavy (non-hydrogen) atoms. The Morgan fingerprint density at radius 1 is 1.40 bits per heavy atom. The number of nitrogens with zero attached hydrogens (tertiary/aromatic N) is 3. The van der Waals surface area contributed by atoms with Crippen molar-refractivity contribution in [3.05, 3.63) is 36.2 Å². The van der Waals surface area contributed by atoms with E-state index in [0.29, 0.717) is 0 Å². The standard InChI is InChI=1S/C10H15N5/c1-2-15-8-12-7-10(15)6-11-3-9-4-13-14-5-9/h4-5,7-8,11H,2-3,6H2,1H3,(H,13,14). The molecule has 0 unspecified atom stereocenters. The molecule has 0 aliphatic carbocycles. The lowest BCUT2D eigenvalue weighted by Crippen LogP contribution is -2.15. The zero-order chi connectivity index (χ0) is 10.5. The van der Waals surface area contributed by atoms with E-state index in [4.69, 9.17) is 0 Å². The van der Waals surface area contributed by atoms with Gasteiger partial charge >= 0.3 is 0 Å². The molecule has 80 valence electrons. The Balaban J connectivity index is 1.83. The highest BCUT2D eigenvalue weighted by atomic mass is 15.1. The van der Waals surface area contributed by atoms with E-state index in [9.17, 15) is 0 Å². The number of nitrogens with one attached hydrogen (secondary N) is 2. The van der Waals surface area contributed by atoms with Crippen LogP contribution in [0.15, 0.2) is 24.9 Å². The molecule has 0 spiro atoms. The van der Waals surface area contributed by atoms with Crippen LogP contribution in [0.2, 0.25) is 0 Å². The third kappa shape index (κ3) is 2.44. The van der Waals surface area contributed by atoms with Crippen LogP contribution in [0.25, 0.3) is 0 Å². The minimum Gasteiger partial charge on any atom is -0.334 e. The first-order valence-corrected chi connectivity index (χ1v) is 5.07. The number of H-pyrrole nitrogens is 1. The first kappa shape index (κ1) is 9.92. The maximum atomic E-state index is 4.11. The van der Waals surface area contributed by atoms with Crippen LogP contribution in [0, 0.1) is 0 Å². The number of rotatable bonds is 5. The molecule has 0 atom stereocenters. The van der Waals surface area contributed by atoms with Gasteiger partial charge in [0.15, 0.2) is 0 Å². The molecule has 2 rings (SSSR count). The van der Waals surface area contributed by atoms with Crippen LogP contribution in [0.1, 0.15) is 18.2 Å². The summed E-state index contributed by atoms with van der Waals surface area (Å²) in [7, 11) is 0. The first-order valence-electron chi connectivity index (χ1n) is 5.07. The van der Waals surface area contributed by atoms with Gasteiger partial charge in [0.05, 0.1) is 18.2 Å².